The molecular formula is C13H18BrNO5S. The van der Waals surface area contributed by atoms with Gasteiger partial charge in [0.2, 0.25) is 0 Å². The van der Waals surface area contributed by atoms with Crippen LogP contribution in [0.2, 0.25) is 0 Å². The second-order valence-electron chi connectivity index (χ2n) is 4.55. The number of hydrogen-bond donors (Lipinski definition) is 1. The normalized spacial score (nSPS) is 12.8. The van der Waals surface area contributed by atoms with Crippen molar-refractivity contribution in [3.63, 3.8) is 0 Å². The van der Waals surface area contributed by atoms with Gasteiger partial charge in [0, 0.05) is 6.26 Å². The molecule has 0 aliphatic carbocycles. The minimum absolute atomic E-state index is 0.0600. The van der Waals surface area contributed by atoms with Crippen molar-refractivity contribution in [3.8, 4) is 11.5 Å². The molecule has 0 radical (unpaired) electrons. The topological polar surface area (TPSA) is 95.7 Å². The van der Waals surface area contributed by atoms with E-state index in [9.17, 15) is 13.2 Å². The summed E-state index contributed by atoms with van der Waals surface area (Å²) in [6, 6.07) is 2.25. The Morgan fingerprint density at radius 2 is 1.95 bits per heavy atom. The van der Waals surface area contributed by atoms with Crippen molar-refractivity contribution in [2.45, 2.75) is 12.5 Å². The van der Waals surface area contributed by atoms with Gasteiger partial charge in [-0.1, -0.05) is 0 Å². The zero-order valence-electron chi connectivity index (χ0n) is 12.1. The molecule has 0 aliphatic rings. The van der Waals surface area contributed by atoms with E-state index in [1.165, 1.54) is 14.2 Å². The minimum Gasteiger partial charge on any atom is -0.495 e. The van der Waals surface area contributed by atoms with Gasteiger partial charge in [-0.2, -0.15) is 0 Å². The van der Waals surface area contributed by atoms with Crippen molar-refractivity contribution < 1.29 is 22.7 Å². The summed E-state index contributed by atoms with van der Waals surface area (Å²) in [7, 11) is -0.234. The van der Waals surface area contributed by atoms with Crippen molar-refractivity contribution in [2.75, 3.05) is 26.2 Å². The molecule has 1 aromatic rings. The molecule has 1 unspecified atom stereocenters. The number of carbonyl (C=O) groups is 1. The molecule has 1 aromatic carbocycles. The van der Waals surface area contributed by atoms with Crippen LogP contribution in [-0.2, 0) is 9.84 Å². The van der Waals surface area contributed by atoms with Crippen LogP contribution in [0.4, 0.5) is 0 Å². The summed E-state index contributed by atoms with van der Waals surface area (Å²) >= 11 is 3.30. The van der Waals surface area contributed by atoms with Crippen LogP contribution >= 0.6 is 15.9 Å². The van der Waals surface area contributed by atoms with Gasteiger partial charge in [-0.3, -0.25) is 4.79 Å². The summed E-state index contributed by atoms with van der Waals surface area (Å²) in [5.74, 6) is 0.320. The van der Waals surface area contributed by atoms with Crippen LogP contribution in [0.3, 0.4) is 0 Å². The van der Waals surface area contributed by atoms with E-state index in [4.69, 9.17) is 15.2 Å². The fourth-order valence-corrected chi connectivity index (χ4v) is 3.11. The SMILES string of the molecule is COc1ccc(C(=O)C(N)CCS(C)(=O)=O)c(OC)c1Br. The van der Waals surface area contributed by atoms with E-state index in [1.807, 2.05) is 0 Å². The number of hydrogen-bond acceptors (Lipinski definition) is 6. The molecular weight excluding hydrogens is 362 g/mol. The Hall–Kier alpha value is -1.12. The number of ketones is 1. The predicted octanol–water partition coefficient (Wildman–Crippen LogP) is 1.41. The number of nitrogens with two attached hydrogens (primary N) is 1. The standard InChI is InChI=1S/C13H18BrNO5S/c1-19-10-5-4-8(13(20-2)11(10)14)12(16)9(15)6-7-21(3,17)18/h4-5,9H,6-7,15H2,1-3H3. The molecule has 0 aromatic heterocycles. The van der Waals surface area contributed by atoms with E-state index in [1.54, 1.807) is 12.1 Å². The molecule has 0 bridgehead atoms. The number of rotatable bonds is 7. The maximum Gasteiger partial charge on any atom is 0.183 e. The molecule has 0 heterocycles. The average molecular weight is 380 g/mol. The summed E-state index contributed by atoms with van der Waals surface area (Å²) in [6.45, 7) is 0. The highest BCUT2D eigenvalue weighted by atomic mass is 79.9. The number of Topliss-reactive ketones (excluding diaryl/α,β-unsaturated/α-hetero) is 1. The summed E-state index contributed by atoms with van der Waals surface area (Å²) in [5.41, 5.74) is 6.07. The molecule has 0 saturated carbocycles. The van der Waals surface area contributed by atoms with E-state index in [2.05, 4.69) is 15.9 Å². The van der Waals surface area contributed by atoms with Crippen molar-refractivity contribution in [3.05, 3.63) is 22.2 Å². The molecule has 0 saturated heterocycles. The van der Waals surface area contributed by atoms with Gasteiger partial charge in [0.15, 0.2) is 5.78 Å². The first-order chi connectivity index (χ1) is 9.71. The van der Waals surface area contributed by atoms with Crippen LogP contribution in [0.15, 0.2) is 16.6 Å². The maximum absolute atomic E-state index is 12.3. The lowest BCUT2D eigenvalue weighted by molar-refractivity contribution is 0.0956. The van der Waals surface area contributed by atoms with Gasteiger partial charge in [-0.25, -0.2) is 8.42 Å². The highest BCUT2D eigenvalue weighted by Gasteiger charge is 2.23. The van der Waals surface area contributed by atoms with Crippen LogP contribution in [-0.4, -0.2) is 46.5 Å². The van der Waals surface area contributed by atoms with Gasteiger partial charge >= 0.3 is 0 Å². The Kier molecular flexibility index (Phi) is 6.18. The van der Waals surface area contributed by atoms with Crippen LogP contribution in [0, 0.1) is 0 Å². The Balaban J connectivity index is 3.04. The number of methoxy groups -OCH3 is 2. The third kappa shape index (κ3) is 4.69. The summed E-state index contributed by atoms with van der Waals surface area (Å²) in [4.78, 5) is 12.3. The lowest BCUT2D eigenvalue weighted by atomic mass is 10.0. The zero-order chi connectivity index (χ0) is 16.2. The molecule has 0 aliphatic heterocycles. The van der Waals surface area contributed by atoms with E-state index >= 15 is 0 Å². The molecule has 1 atom stereocenters. The molecule has 0 fully saturated rings. The van der Waals surface area contributed by atoms with Crippen molar-refractivity contribution >= 4 is 31.6 Å². The number of ether oxygens (including phenoxy) is 2. The molecule has 2 N–H and O–H groups in total. The number of halogens is 1. The first kappa shape index (κ1) is 17.9. The van der Waals surface area contributed by atoms with Gasteiger partial charge in [0.1, 0.15) is 25.8 Å². The fourth-order valence-electron chi connectivity index (χ4n) is 1.76. The minimum atomic E-state index is -3.16. The molecule has 0 spiro atoms. The maximum atomic E-state index is 12.3. The van der Waals surface area contributed by atoms with Gasteiger partial charge < -0.3 is 15.2 Å². The predicted molar refractivity (Wildman–Crippen MR) is 83.9 cm³/mol. The molecule has 8 heteroatoms. The molecule has 6 nitrogen and oxygen atoms in total. The van der Waals surface area contributed by atoms with E-state index in [-0.39, 0.29) is 23.5 Å². The Labute approximate surface area is 132 Å². The fraction of sp³-hybridized carbons (Fsp3) is 0.462. The van der Waals surface area contributed by atoms with Gasteiger partial charge in [-0.05, 0) is 34.5 Å². The first-order valence-corrected chi connectivity index (χ1v) is 8.94. The van der Waals surface area contributed by atoms with E-state index in [0.29, 0.717) is 16.0 Å². The third-order valence-electron chi connectivity index (χ3n) is 2.89. The largest absolute Gasteiger partial charge is 0.495 e. The molecule has 118 valence electrons. The summed E-state index contributed by atoms with van der Waals surface area (Å²) in [5, 5.41) is 0. The third-order valence-corrected chi connectivity index (χ3v) is 4.62. The Morgan fingerprint density at radius 1 is 1.33 bits per heavy atom. The molecule has 0 amide bonds. The van der Waals surface area contributed by atoms with Gasteiger partial charge in [-0.15, -0.1) is 0 Å². The zero-order valence-corrected chi connectivity index (χ0v) is 14.5. The van der Waals surface area contributed by atoms with Gasteiger partial charge in [0.05, 0.1) is 31.6 Å². The van der Waals surface area contributed by atoms with E-state index in [0.717, 1.165) is 6.26 Å². The van der Waals surface area contributed by atoms with Crippen LogP contribution in [0.5, 0.6) is 11.5 Å². The van der Waals surface area contributed by atoms with Crippen molar-refractivity contribution in [2.24, 2.45) is 5.73 Å². The van der Waals surface area contributed by atoms with Crippen LogP contribution in [0.25, 0.3) is 0 Å². The van der Waals surface area contributed by atoms with E-state index < -0.39 is 15.9 Å². The summed E-state index contributed by atoms with van der Waals surface area (Å²) < 4.78 is 33.1. The highest BCUT2D eigenvalue weighted by molar-refractivity contribution is 9.10. The molecule has 21 heavy (non-hydrogen) atoms. The van der Waals surface area contributed by atoms with Crippen molar-refractivity contribution in [1.29, 1.82) is 0 Å². The lowest BCUT2D eigenvalue weighted by Crippen LogP contribution is -2.32. The second-order valence-corrected chi connectivity index (χ2v) is 7.60. The lowest BCUT2D eigenvalue weighted by Gasteiger charge is -2.15. The van der Waals surface area contributed by atoms with Crippen LogP contribution in [0.1, 0.15) is 16.8 Å². The number of benzene rings is 1. The van der Waals surface area contributed by atoms with Crippen LogP contribution < -0.4 is 15.2 Å². The Morgan fingerprint density at radius 3 is 2.43 bits per heavy atom. The van der Waals surface area contributed by atoms with Crippen molar-refractivity contribution in [1.82, 2.24) is 0 Å². The monoisotopic (exact) mass is 379 g/mol. The second kappa shape index (κ2) is 7.24. The number of carbonyl (C=O) groups excluding carboxylic acids is 1. The quantitative estimate of drug-likeness (QED) is 0.719. The van der Waals surface area contributed by atoms with Gasteiger partial charge in [0.25, 0.3) is 0 Å². The first-order valence-electron chi connectivity index (χ1n) is 6.09. The smallest absolute Gasteiger partial charge is 0.183 e. The highest BCUT2D eigenvalue weighted by Crippen LogP contribution is 2.37. The summed E-state index contributed by atoms with van der Waals surface area (Å²) in [6.07, 6.45) is 1.17. The molecule has 1 rings (SSSR count). The number of sulfone groups is 1. The average Bonchev–Trinajstić information content (AvgIpc) is 2.42. The Bertz CT molecular complexity index is 630.